The number of hydrogen-bond acceptors (Lipinski definition) is 4. The Kier molecular flexibility index (Phi) is 3.98. The smallest absolute Gasteiger partial charge is 0.117 e. The molecule has 1 aliphatic heterocycles. The minimum Gasteiger partial charge on any atom is -0.468 e. The third kappa shape index (κ3) is 3.07. The summed E-state index contributed by atoms with van der Waals surface area (Å²) in [5.41, 5.74) is 0. The molecular weight excluding hydrogens is 204 g/mol. The maximum Gasteiger partial charge on any atom is 0.117 e. The number of hydrogen-bond donors (Lipinski definition) is 1. The third-order valence-electron chi connectivity index (χ3n) is 3.03. The number of likely N-dealkylation sites (N-methyl/N-ethyl adjacent to an activating group) is 1. The molecule has 2 rings (SSSR count). The van der Waals surface area contributed by atoms with Crippen LogP contribution in [0.3, 0.4) is 0 Å². The van der Waals surface area contributed by atoms with Crippen LogP contribution in [0, 0.1) is 0 Å². The molecule has 4 nitrogen and oxygen atoms in total. The summed E-state index contributed by atoms with van der Waals surface area (Å²) in [6, 6.07) is 4.23. The van der Waals surface area contributed by atoms with Gasteiger partial charge in [-0.15, -0.1) is 0 Å². The van der Waals surface area contributed by atoms with Gasteiger partial charge in [0.25, 0.3) is 0 Å². The van der Waals surface area contributed by atoms with E-state index in [-0.39, 0.29) is 6.10 Å². The normalized spacial score (nSPS) is 24.5. The van der Waals surface area contributed by atoms with Gasteiger partial charge in [-0.25, -0.2) is 0 Å². The van der Waals surface area contributed by atoms with Crippen molar-refractivity contribution in [3.05, 3.63) is 24.2 Å². The molecule has 0 spiro atoms. The van der Waals surface area contributed by atoms with E-state index in [2.05, 4.69) is 24.2 Å². The molecule has 90 valence electrons. The highest BCUT2D eigenvalue weighted by Gasteiger charge is 2.23. The van der Waals surface area contributed by atoms with Gasteiger partial charge in [0, 0.05) is 19.1 Å². The highest BCUT2D eigenvalue weighted by atomic mass is 16.5. The number of nitrogens with one attached hydrogen (secondary N) is 1. The summed E-state index contributed by atoms with van der Waals surface area (Å²) in [7, 11) is 2.13. The van der Waals surface area contributed by atoms with Crippen molar-refractivity contribution < 1.29 is 9.15 Å². The summed E-state index contributed by atoms with van der Waals surface area (Å²) in [6.45, 7) is 5.77. The molecule has 4 heteroatoms. The maximum atomic E-state index is 5.75. The van der Waals surface area contributed by atoms with Crippen LogP contribution in [0.15, 0.2) is 22.8 Å². The second-order valence-corrected chi connectivity index (χ2v) is 4.42. The van der Waals surface area contributed by atoms with Crippen molar-refractivity contribution in [2.24, 2.45) is 0 Å². The van der Waals surface area contributed by atoms with E-state index in [9.17, 15) is 0 Å². The van der Waals surface area contributed by atoms with Gasteiger partial charge in [-0.05, 0) is 26.1 Å². The van der Waals surface area contributed by atoms with Crippen molar-refractivity contribution in [2.75, 3.05) is 26.7 Å². The summed E-state index contributed by atoms with van der Waals surface area (Å²) in [5, 5.41) is 3.43. The van der Waals surface area contributed by atoms with E-state index in [1.165, 1.54) is 0 Å². The van der Waals surface area contributed by atoms with E-state index < -0.39 is 0 Å². The minimum atomic E-state index is 0.272. The molecule has 0 bridgehead atoms. The van der Waals surface area contributed by atoms with Gasteiger partial charge in [-0.3, -0.25) is 0 Å². The number of furan rings is 1. The Morgan fingerprint density at radius 3 is 3.19 bits per heavy atom. The molecule has 1 aromatic rings. The molecule has 2 heterocycles. The van der Waals surface area contributed by atoms with Gasteiger partial charge in [0.2, 0.25) is 0 Å². The van der Waals surface area contributed by atoms with Crippen LogP contribution < -0.4 is 5.32 Å². The monoisotopic (exact) mass is 224 g/mol. The predicted molar refractivity (Wildman–Crippen MR) is 62.2 cm³/mol. The van der Waals surface area contributed by atoms with Crippen LogP contribution in [-0.2, 0) is 11.3 Å². The van der Waals surface area contributed by atoms with E-state index >= 15 is 0 Å². The van der Waals surface area contributed by atoms with E-state index in [0.29, 0.717) is 6.04 Å². The van der Waals surface area contributed by atoms with Gasteiger partial charge in [-0.2, -0.15) is 0 Å². The number of morpholine rings is 1. The van der Waals surface area contributed by atoms with Gasteiger partial charge in [0.05, 0.1) is 25.5 Å². The van der Waals surface area contributed by atoms with Crippen molar-refractivity contribution in [2.45, 2.75) is 25.6 Å². The number of ether oxygens (including phenoxy) is 1. The van der Waals surface area contributed by atoms with Crippen LogP contribution >= 0.6 is 0 Å². The van der Waals surface area contributed by atoms with E-state index in [1.807, 2.05) is 12.1 Å². The zero-order valence-electron chi connectivity index (χ0n) is 9.98. The van der Waals surface area contributed by atoms with E-state index in [4.69, 9.17) is 9.15 Å². The first-order valence-corrected chi connectivity index (χ1v) is 5.81. The SMILES string of the molecule is CC(NCc1ccco1)C1CN(C)CCO1. The van der Waals surface area contributed by atoms with Crippen LogP contribution in [-0.4, -0.2) is 43.8 Å². The Balaban J connectivity index is 1.76. The van der Waals surface area contributed by atoms with Crippen molar-refractivity contribution in [1.82, 2.24) is 10.2 Å². The summed E-state index contributed by atoms with van der Waals surface area (Å²) in [6.07, 6.45) is 1.97. The lowest BCUT2D eigenvalue weighted by molar-refractivity contribution is -0.0358. The van der Waals surface area contributed by atoms with Crippen LogP contribution in [0.25, 0.3) is 0 Å². The van der Waals surface area contributed by atoms with Crippen LogP contribution in [0.2, 0.25) is 0 Å². The Hall–Kier alpha value is -0.840. The molecule has 1 aromatic heterocycles. The molecule has 0 radical (unpaired) electrons. The average molecular weight is 224 g/mol. The van der Waals surface area contributed by atoms with Crippen molar-refractivity contribution >= 4 is 0 Å². The Labute approximate surface area is 96.6 Å². The van der Waals surface area contributed by atoms with E-state index in [1.54, 1.807) is 6.26 Å². The van der Waals surface area contributed by atoms with Crippen molar-refractivity contribution in [3.8, 4) is 0 Å². The van der Waals surface area contributed by atoms with Gasteiger partial charge in [0.1, 0.15) is 5.76 Å². The summed E-state index contributed by atoms with van der Waals surface area (Å²) in [5.74, 6) is 0.969. The zero-order chi connectivity index (χ0) is 11.4. The number of rotatable bonds is 4. The molecule has 1 N–H and O–H groups in total. The molecule has 16 heavy (non-hydrogen) atoms. The predicted octanol–water partition coefficient (Wildman–Crippen LogP) is 1.09. The van der Waals surface area contributed by atoms with Crippen LogP contribution in [0.1, 0.15) is 12.7 Å². The lowest BCUT2D eigenvalue weighted by Crippen LogP contribution is -2.49. The Morgan fingerprint density at radius 1 is 1.62 bits per heavy atom. The second-order valence-electron chi connectivity index (χ2n) is 4.42. The molecule has 2 unspecified atom stereocenters. The van der Waals surface area contributed by atoms with Gasteiger partial charge >= 0.3 is 0 Å². The lowest BCUT2D eigenvalue weighted by Gasteiger charge is -2.33. The molecule has 1 fully saturated rings. The van der Waals surface area contributed by atoms with Gasteiger partial charge < -0.3 is 19.4 Å². The summed E-state index contributed by atoms with van der Waals surface area (Å²) >= 11 is 0. The van der Waals surface area contributed by atoms with Crippen molar-refractivity contribution in [1.29, 1.82) is 0 Å². The molecule has 1 aliphatic rings. The largest absolute Gasteiger partial charge is 0.468 e. The Morgan fingerprint density at radius 2 is 2.50 bits per heavy atom. The molecule has 0 aliphatic carbocycles. The summed E-state index contributed by atoms with van der Waals surface area (Å²) < 4.78 is 11.0. The minimum absolute atomic E-state index is 0.272. The first kappa shape index (κ1) is 11.6. The van der Waals surface area contributed by atoms with Crippen LogP contribution in [0.4, 0.5) is 0 Å². The molecule has 0 saturated carbocycles. The second kappa shape index (κ2) is 5.48. The van der Waals surface area contributed by atoms with E-state index in [0.717, 1.165) is 32.0 Å². The number of nitrogens with zero attached hydrogens (tertiary/aromatic N) is 1. The molecule has 1 saturated heterocycles. The quantitative estimate of drug-likeness (QED) is 0.830. The highest BCUT2D eigenvalue weighted by Crippen LogP contribution is 2.08. The Bertz CT molecular complexity index is 300. The van der Waals surface area contributed by atoms with Gasteiger partial charge in [-0.1, -0.05) is 0 Å². The first-order valence-electron chi connectivity index (χ1n) is 5.81. The average Bonchev–Trinajstić information content (AvgIpc) is 2.78. The zero-order valence-corrected chi connectivity index (χ0v) is 9.98. The fourth-order valence-corrected chi connectivity index (χ4v) is 1.92. The molecule has 0 amide bonds. The topological polar surface area (TPSA) is 37.6 Å². The maximum absolute atomic E-state index is 5.75. The van der Waals surface area contributed by atoms with Crippen molar-refractivity contribution in [3.63, 3.8) is 0 Å². The lowest BCUT2D eigenvalue weighted by atomic mass is 10.1. The molecule has 2 atom stereocenters. The fraction of sp³-hybridized carbons (Fsp3) is 0.667. The first-order chi connectivity index (χ1) is 7.75. The fourth-order valence-electron chi connectivity index (χ4n) is 1.92. The third-order valence-corrected chi connectivity index (χ3v) is 3.03. The van der Waals surface area contributed by atoms with Crippen LogP contribution in [0.5, 0.6) is 0 Å². The standard InChI is InChI=1S/C12H20N2O2/c1-10(12-9-14(2)5-7-16-12)13-8-11-4-3-6-15-11/h3-4,6,10,12-13H,5,7-9H2,1-2H3. The molecular formula is C12H20N2O2. The highest BCUT2D eigenvalue weighted by molar-refractivity contribution is 4.98. The molecule has 0 aromatic carbocycles. The summed E-state index contributed by atoms with van der Waals surface area (Å²) in [4.78, 5) is 2.30. The van der Waals surface area contributed by atoms with Gasteiger partial charge in [0.15, 0.2) is 0 Å².